The third-order valence-corrected chi connectivity index (χ3v) is 7.18. The fraction of sp³-hybridized carbons (Fsp3) is 0.133. The number of fused-ring (bicyclic) bond motifs is 4. The highest BCUT2D eigenvalue weighted by atomic mass is 19.1. The van der Waals surface area contributed by atoms with Crippen molar-refractivity contribution in [3.8, 4) is 5.75 Å². The Balaban J connectivity index is 1.44. The molecular weight excluding hydrogens is 499 g/mol. The lowest BCUT2D eigenvalue weighted by Crippen LogP contribution is -2.50. The highest BCUT2D eigenvalue weighted by Crippen LogP contribution is 2.46. The Labute approximate surface area is 222 Å². The molecule has 0 bridgehead atoms. The number of hydrogen-bond donors (Lipinski definition) is 1. The number of pyridine rings is 1. The number of amides is 2. The summed E-state index contributed by atoms with van der Waals surface area (Å²) >= 11 is 0. The first kappa shape index (κ1) is 24.3. The van der Waals surface area contributed by atoms with Crippen molar-refractivity contribution in [2.75, 3.05) is 12.0 Å². The number of hydrogen-bond acceptors (Lipinski definition) is 5. The number of aromatic nitrogens is 2. The Morgan fingerprint density at radius 1 is 0.949 bits per heavy atom. The number of carbonyl (C=O) groups excluding carboxylic acids is 3. The van der Waals surface area contributed by atoms with E-state index in [1.165, 1.54) is 43.3 Å². The molecule has 1 unspecified atom stereocenters. The lowest BCUT2D eigenvalue weighted by atomic mass is 9.93. The number of ether oxygens (including phenoxy) is 1. The number of benzene rings is 3. The van der Waals surface area contributed by atoms with E-state index < -0.39 is 23.2 Å². The van der Waals surface area contributed by atoms with Crippen molar-refractivity contribution in [2.24, 2.45) is 0 Å². The van der Waals surface area contributed by atoms with E-state index in [1.807, 2.05) is 24.3 Å². The fourth-order valence-corrected chi connectivity index (χ4v) is 5.31. The van der Waals surface area contributed by atoms with E-state index in [-0.39, 0.29) is 17.3 Å². The molecule has 0 saturated heterocycles. The van der Waals surface area contributed by atoms with Crippen LogP contribution in [0.3, 0.4) is 0 Å². The highest BCUT2D eigenvalue weighted by molar-refractivity contribution is 6.16. The molecule has 1 atom stereocenters. The number of anilines is 2. The molecule has 5 aromatic rings. The maximum Gasteiger partial charge on any atom is 0.271 e. The van der Waals surface area contributed by atoms with Crippen LogP contribution in [-0.2, 0) is 10.3 Å². The van der Waals surface area contributed by atoms with Crippen LogP contribution >= 0.6 is 0 Å². The van der Waals surface area contributed by atoms with Crippen molar-refractivity contribution in [3.63, 3.8) is 0 Å². The third kappa shape index (κ3) is 3.58. The van der Waals surface area contributed by atoms with Gasteiger partial charge in [-0.1, -0.05) is 36.4 Å². The first-order valence-electron chi connectivity index (χ1n) is 12.2. The SMILES string of the molecule is COc1ccc2c(c1)N(c1ccccc1F)C(=O)C2(C)NC(=O)c1cc2c3ccccc3n(C(C)=O)c2cn1. The number of halogens is 1. The topological polar surface area (TPSA) is 93.5 Å². The van der Waals surface area contributed by atoms with Crippen LogP contribution in [0.25, 0.3) is 21.8 Å². The Morgan fingerprint density at radius 2 is 1.69 bits per heavy atom. The zero-order valence-corrected chi connectivity index (χ0v) is 21.4. The minimum absolute atomic E-state index is 0.0616. The third-order valence-electron chi connectivity index (χ3n) is 7.18. The molecule has 194 valence electrons. The van der Waals surface area contributed by atoms with Crippen molar-refractivity contribution in [3.05, 3.63) is 96.1 Å². The predicted molar refractivity (Wildman–Crippen MR) is 145 cm³/mol. The number of nitrogens with one attached hydrogen (secondary N) is 1. The molecule has 2 amide bonds. The summed E-state index contributed by atoms with van der Waals surface area (Å²) in [7, 11) is 1.50. The Bertz CT molecular complexity index is 1850. The molecule has 0 saturated carbocycles. The fourth-order valence-electron chi connectivity index (χ4n) is 5.31. The molecule has 1 N–H and O–H groups in total. The summed E-state index contributed by atoms with van der Waals surface area (Å²) in [4.78, 5) is 45.5. The molecule has 0 fully saturated rings. The second kappa shape index (κ2) is 8.76. The standard InChI is InChI=1S/C30H23FN4O4/c1-17(36)34-24-10-6-4-8-19(24)20-15-23(32-16-27(20)34)28(37)33-30(2)21-13-12-18(39-3)14-26(21)35(29(30)38)25-11-7-5-9-22(25)31/h4-16H,1-3H3,(H,33,37). The van der Waals surface area contributed by atoms with Gasteiger partial charge in [0.15, 0.2) is 0 Å². The lowest BCUT2D eigenvalue weighted by Gasteiger charge is -2.26. The zero-order valence-electron chi connectivity index (χ0n) is 21.4. The molecule has 9 heteroatoms. The minimum atomic E-state index is -1.52. The molecule has 6 rings (SSSR count). The predicted octanol–water partition coefficient (Wildman–Crippen LogP) is 5.32. The van der Waals surface area contributed by atoms with Gasteiger partial charge in [-0.05, 0) is 37.3 Å². The molecule has 8 nitrogen and oxygen atoms in total. The first-order valence-corrected chi connectivity index (χ1v) is 12.2. The molecule has 3 aromatic carbocycles. The van der Waals surface area contributed by atoms with Crippen LogP contribution in [0.5, 0.6) is 5.75 Å². The van der Waals surface area contributed by atoms with Crippen LogP contribution < -0.4 is 15.0 Å². The molecule has 3 heterocycles. The summed E-state index contributed by atoms with van der Waals surface area (Å²) in [5, 5.41) is 4.33. The van der Waals surface area contributed by atoms with Crippen molar-refractivity contribution >= 4 is 50.9 Å². The molecular formula is C30H23FN4O4. The van der Waals surface area contributed by atoms with E-state index in [1.54, 1.807) is 41.8 Å². The average molecular weight is 523 g/mol. The van der Waals surface area contributed by atoms with Gasteiger partial charge in [0.25, 0.3) is 11.8 Å². The number of para-hydroxylation sites is 2. The summed E-state index contributed by atoms with van der Waals surface area (Å²) in [6.07, 6.45) is 1.48. The van der Waals surface area contributed by atoms with Crippen molar-refractivity contribution in [2.45, 2.75) is 19.4 Å². The molecule has 0 spiro atoms. The average Bonchev–Trinajstić information content (AvgIpc) is 3.37. The highest BCUT2D eigenvalue weighted by Gasteiger charge is 2.50. The Kier molecular flexibility index (Phi) is 5.46. The lowest BCUT2D eigenvalue weighted by molar-refractivity contribution is -0.122. The van der Waals surface area contributed by atoms with Gasteiger partial charge in [-0.25, -0.2) is 9.37 Å². The van der Waals surface area contributed by atoms with E-state index in [2.05, 4.69) is 10.3 Å². The van der Waals surface area contributed by atoms with Gasteiger partial charge in [0.2, 0.25) is 5.91 Å². The first-order chi connectivity index (χ1) is 18.7. The molecule has 2 aromatic heterocycles. The molecule has 0 radical (unpaired) electrons. The normalized spacial score (nSPS) is 16.5. The summed E-state index contributed by atoms with van der Waals surface area (Å²) in [5.41, 5.74) is 0.783. The van der Waals surface area contributed by atoms with E-state index in [4.69, 9.17) is 4.74 Å². The largest absolute Gasteiger partial charge is 0.497 e. The van der Waals surface area contributed by atoms with Gasteiger partial charge in [-0.2, -0.15) is 0 Å². The van der Waals surface area contributed by atoms with Crippen molar-refractivity contribution in [1.82, 2.24) is 14.9 Å². The molecule has 39 heavy (non-hydrogen) atoms. The second-order valence-electron chi connectivity index (χ2n) is 9.51. The van der Waals surface area contributed by atoms with Gasteiger partial charge in [0, 0.05) is 29.3 Å². The van der Waals surface area contributed by atoms with Crippen molar-refractivity contribution in [1.29, 1.82) is 0 Å². The maximum atomic E-state index is 14.9. The van der Waals surface area contributed by atoms with E-state index >= 15 is 0 Å². The maximum absolute atomic E-state index is 14.9. The van der Waals surface area contributed by atoms with Crippen LogP contribution in [-0.4, -0.2) is 34.4 Å². The van der Waals surface area contributed by atoms with Gasteiger partial charge in [0.1, 0.15) is 22.8 Å². The number of methoxy groups -OCH3 is 1. The smallest absolute Gasteiger partial charge is 0.271 e. The van der Waals surface area contributed by atoms with Gasteiger partial charge < -0.3 is 10.1 Å². The van der Waals surface area contributed by atoms with Crippen molar-refractivity contribution < 1.29 is 23.5 Å². The number of rotatable bonds is 4. The van der Waals surface area contributed by atoms with E-state index in [9.17, 15) is 18.8 Å². The Hall–Kier alpha value is -5.05. The summed E-state index contributed by atoms with van der Waals surface area (Å²) in [6, 6.07) is 20.0. The van der Waals surface area contributed by atoms with Gasteiger partial charge >= 0.3 is 0 Å². The summed E-state index contributed by atoms with van der Waals surface area (Å²) < 4.78 is 21.8. The molecule has 1 aliphatic heterocycles. The number of nitrogens with zero attached hydrogens (tertiary/aromatic N) is 3. The minimum Gasteiger partial charge on any atom is -0.497 e. The quantitative estimate of drug-likeness (QED) is 0.345. The van der Waals surface area contributed by atoms with Gasteiger partial charge in [-0.3, -0.25) is 23.9 Å². The van der Waals surface area contributed by atoms with Crippen LogP contribution in [0.2, 0.25) is 0 Å². The molecule has 1 aliphatic rings. The van der Waals surface area contributed by atoms with E-state index in [0.29, 0.717) is 33.4 Å². The van der Waals surface area contributed by atoms with Crippen LogP contribution in [0.4, 0.5) is 15.8 Å². The van der Waals surface area contributed by atoms with Crippen LogP contribution in [0.15, 0.2) is 79.0 Å². The van der Waals surface area contributed by atoms with Gasteiger partial charge in [0.05, 0.1) is 35.7 Å². The zero-order chi connectivity index (χ0) is 27.5. The summed E-state index contributed by atoms with van der Waals surface area (Å²) in [5.74, 6) is -1.40. The Morgan fingerprint density at radius 3 is 2.44 bits per heavy atom. The summed E-state index contributed by atoms with van der Waals surface area (Å²) in [6.45, 7) is 3.05. The second-order valence-corrected chi connectivity index (χ2v) is 9.51. The number of carbonyl (C=O) groups is 3. The molecule has 0 aliphatic carbocycles. The van der Waals surface area contributed by atoms with Crippen LogP contribution in [0.1, 0.15) is 34.7 Å². The monoisotopic (exact) mass is 522 g/mol. The van der Waals surface area contributed by atoms with Crippen LogP contribution in [0, 0.1) is 5.82 Å². The van der Waals surface area contributed by atoms with Gasteiger partial charge in [-0.15, -0.1) is 0 Å². The van der Waals surface area contributed by atoms with E-state index in [0.717, 1.165) is 5.39 Å².